The molecule has 0 unspecified atom stereocenters. The molecule has 10 heteroatoms. The van der Waals surface area contributed by atoms with Gasteiger partial charge in [-0.2, -0.15) is 4.31 Å². The number of carbonyl (C=O) groups is 3. The number of rotatable bonds is 8. The van der Waals surface area contributed by atoms with Crippen LogP contribution in [0.2, 0.25) is 0 Å². The first-order chi connectivity index (χ1) is 13.9. The summed E-state index contributed by atoms with van der Waals surface area (Å²) in [4.78, 5) is 37.3. The van der Waals surface area contributed by atoms with Crippen LogP contribution in [0, 0.1) is 0 Å². The third-order valence-electron chi connectivity index (χ3n) is 4.82. The number of nitrogens with zero attached hydrogens (tertiary/aromatic N) is 2. The Kier molecular flexibility index (Phi) is 6.86. The first-order valence-electron chi connectivity index (χ1n) is 9.64. The number of benzene rings is 1. The van der Waals surface area contributed by atoms with Gasteiger partial charge in [-0.05, 0) is 25.0 Å². The second kappa shape index (κ2) is 9.36. The Morgan fingerprint density at radius 1 is 1.00 bits per heavy atom. The number of nitrogens with one attached hydrogen (secondary N) is 1. The van der Waals surface area contributed by atoms with Gasteiger partial charge in [-0.25, -0.2) is 8.42 Å². The van der Waals surface area contributed by atoms with E-state index in [2.05, 4.69) is 5.32 Å². The fourth-order valence-corrected chi connectivity index (χ4v) is 4.44. The molecule has 0 aromatic heterocycles. The largest absolute Gasteiger partial charge is 0.456 e. The average molecular weight is 423 g/mol. The fraction of sp³-hybridized carbons (Fsp3) is 0.526. The number of hydrogen-bond donors (Lipinski definition) is 1. The number of sulfonamides is 1. The maximum Gasteiger partial charge on any atom is 0.306 e. The monoisotopic (exact) mass is 423 g/mol. The SMILES string of the molecule is O=C(COC(=O)CCC(=O)N1CCN(S(=O)(=O)c2ccccc2)CC1)NC1CC1. The second-order valence-corrected chi connectivity index (χ2v) is 9.04. The highest BCUT2D eigenvalue weighted by Crippen LogP contribution is 2.19. The van der Waals surface area contributed by atoms with Crippen LogP contribution in [0.5, 0.6) is 0 Å². The Morgan fingerprint density at radius 3 is 2.28 bits per heavy atom. The van der Waals surface area contributed by atoms with Gasteiger partial charge in [0.1, 0.15) is 0 Å². The van der Waals surface area contributed by atoms with E-state index in [-0.39, 0.29) is 68.4 Å². The van der Waals surface area contributed by atoms with Gasteiger partial charge in [0.05, 0.1) is 11.3 Å². The van der Waals surface area contributed by atoms with Crippen LogP contribution in [-0.2, 0) is 29.1 Å². The lowest BCUT2D eigenvalue weighted by Crippen LogP contribution is -2.50. The summed E-state index contributed by atoms with van der Waals surface area (Å²) in [6, 6.07) is 8.38. The summed E-state index contributed by atoms with van der Waals surface area (Å²) in [5, 5.41) is 2.71. The third kappa shape index (κ3) is 6.01. The molecular weight excluding hydrogens is 398 g/mol. The Hall–Kier alpha value is -2.46. The molecule has 158 valence electrons. The lowest BCUT2D eigenvalue weighted by atomic mass is 10.2. The van der Waals surface area contributed by atoms with Crippen molar-refractivity contribution in [1.82, 2.24) is 14.5 Å². The van der Waals surface area contributed by atoms with Crippen LogP contribution in [0.15, 0.2) is 35.2 Å². The van der Waals surface area contributed by atoms with E-state index in [0.29, 0.717) is 0 Å². The minimum absolute atomic E-state index is 0.0332. The normalized spacial score (nSPS) is 17.6. The summed E-state index contributed by atoms with van der Waals surface area (Å²) < 4.78 is 31.4. The molecule has 3 rings (SSSR count). The average Bonchev–Trinajstić information content (AvgIpc) is 3.55. The molecule has 29 heavy (non-hydrogen) atoms. The van der Waals surface area contributed by atoms with Crippen LogP contribution < -0.4 is 5.32 Å². The number of esters is 1. The van der Waals surface area contributed by atoms with E-state index >= 15 is 0 Å². The van der Waals surface area contributed by atoms with Crippen molar-refractivity contribution >= 4 is 27.8 Å². The molecule has 0 bridgehead atoms. The van der Waals surface area contributed by atoms with Crippen LogP contribution in [0.25, 0.3) is 0 Å². The zero-order chi connectivity index (χ0) is 20.9. The van der Waals surface area contributed by atoms with E-state index in [9.17, 15) is 22.8 Å². The molecule has 1 saturated carbocycles. The summed E-state index contributed by atoms with van der Waals surface area (Å²) in [6.45, 7) is 0.608. The lowest BCUT2D eigenvalue weighted by molar-refractivity contribution is -0.150. The summed E-state index contributed by atoms with van der Waals surface area (Å²) in [7, 11) is -3.57. The first-order valence-corrected chi connectivity index (χ1v) is 11.1. The number of piperazine rings is 1. The van der Waals surface area contributed by atoms with E-state index < -0.39 is 16.0 Å². The van der Waals surface area contributed by atoms with Crippen molar-refractivity contribution in [2.45, 2.75) is 36.6 Å². The van der Waals surface area contributed by atoms with Crippen molar-refractivity contribution < 1.29 is 27.5 Å². The maximum atomic E-state index is 12.6. The lowest BCUT2D eigenvalue weighted by Gasteiger charge is -2.34. The number of amides is 2. The summed E-state index contributed by atoms with van der Waals surface area (Å²) in [5.41, 5.74) is 0. The molecule has 1 aliphatic heterocycles. The Balaban J connectivity index is 1.38. The molecule has 1 aromatic rings. The molecule has 2 fully saturated rings. The highest BCUT2D eigenvalue weighted by molar-refractivity contribution is 7.89. The van der Waals surface area contributed by atoms with Crippen molar-refractivity contribution in [3.05, 3.63) is 30.3 Å². The van der Waals surface area contributed by atoms with Gasteiger partial charge in [0, 0.05) is 38.6 Å². The Labute approximate surface area is 170 Å². The van der Waals surface area contributed by atoms with Gasteiger partial charge in [0.15, 0.2) is 6.61 Å². The molecule has 2 aliphatic rings. The van der Waals surface area contributed by atoms with Gasteiger partial charge in [-0.15, -0.1) is 0 Å². The molecule has 0 spiro atoms. The zero-order valence-electron chi connectivity index (χ0n) is 16.1. The molecule has 1 saturated heterocycles. The summed E-state index contributed by atoms with van der Waals surface area (Å²) in [6.07, 6.45) is 1.76. The van der Waals surface area contributed by atoms with Crippen molar-refractivity contribution in [2.75, 3.05) is 32.8 Å². The van der Waals surface area contributed by atoms with Gasteiger partial charge in [0.25, 0.3) is 5.91 Å². The van der Waals surface area contributed by atoms with E-state index in [1.54, 1.807) is 35.2 Å². The van der Waals surface area contributed by atoms with Crippen LogP contribution in [0.3, 0.4) is 0 Å². The van der Waals surface area contributed by atoms with E-state index in [4.69, 9.17) is 4.74 Å². The van der Waals surface area contributed by atoms with Gasteiger partial charge in [0.2, 0.25) is 15.9 Å². The fourth-order valence-electron chi connectivity index (χ4n) is 3.00. The minimum Gasteiger partial charge on any atom is -0.456 e. The minimum atomic E-state index is -3.57. The van der Waals surface area contributed by atoms with Crippen molar-refractivity contribution in [2.24, 2.45) is 0 Å². The topological polar surface area (TPSA) is 113 Å². The second-order valence-electron chi connectivity index (χ2n) is 7.10. The zero-order valence-corrected chi connectivity index (χ0v) is 16.9. The van der Waals surface area contributed by atoms with Gasteiger partial charge in [-0.3, -0.25) is 14.4 Å². The molecule has 0 radical (unpaired) electrons. The Morgan fingerprint density at radius 2 is 1.66 bits per heavy atom. The van der Waals surface area contributed by atoms with E-state index in [1.807, 2.05) is 0 Å². The molecule has 1 N–H and O–H groups in total. The van der Waals surface area contributed by atoms with E-state index in [0.717, 1.165) is 12.8 Å². The third-order valence-corrected chi connectivity index (χ3v) is 6.73. The van der Waals surface area contributed by atoms with Gasteiger partial charge in [-0.1, -0.05) is 18.2 Å². The number of carbonyl (C=O) groups excluding carboxylic acids is 3. The number of hydrogen-bond acceptors (Lipinski definition) is 6. The van der Waals surface area contributed by atoms with E-state index in [1.165, 1.54) is 4.31 Å². The molecule has 1 aliphatic carbocycles. The predicted octanol–water partition coefficient (Wildman–Crippen LogP) is 0.122. The van der Waals surface area contributed by atoms with Gasteiger partial charge < -0.3 is 15.0 Å². The molecule has 0 atom stereocenters. The smallest absolute Gasteiger partial charge is 0.306 e. The number of ether oxygens (including phenoxy) is 1. The molecule has 9 nitrogen and oxygen atoms in total. The van der Waals surface area contributed by atoms with Crippen molar-refractivity contribution in [3.8, 4) is 0 Å². The summed E-state index contributed by atoms with van der Waals surface area (Å²) in [5.74, 6) is -1.17. The molecule has 1 aromatic carbocycles. The van der Waals surface area contributed by atoms with Crippen LogP contribution >= 0.6 is 0 Å². The van der Waals surface area contributed by atoms with Crippen LogP contribution in [0.4, 0.5) is 0 Å². The maximum absolute atomic E-state index is 12.6. The van der Waals surface area contributed by atoms with Crippen molar-refractivity contribution in [3.63, 3.8) is 0 Å². The molecule has 2 amide bonds. The predicted molar refractivity (Wildman–Crippen MR) is 103 cm³/mol. The van der Waals surface area contributed by atoms with Crippen molar-refractivity contribution in [1.29, 1.82) is 0 Å². The quantitative estimate of drug-likeness (QED) is 0.595. The molecule has 1 heterocycles. The first kappa shape index (κ1) is 21.3. The van der Waals surface area contributed by atoms with Crippen LogP contribution in [0.1, 0.15) is 25.7 Å². The van der Waals surface area contributed by atoms with Crippen LogP contribution in [-0.4, -0.2) is 74.2 Å². The highest BCUT2D eigenvalue weighted by Gasteiger charge is 2.30. The summed E-state index contributed by atoms with van der Waals surface area (Å²) >= 11 is 0. The molecular formula is C19H25N3O6S. The Bertz CT molecular complexity index is 846. The van der Waals surface area contributed by atoms with Gasteiger partial charge >= 0.3 is 5.97 Å². The highest BCUT2D eigenvalue weighted by atomic mass is 32.2. The standard InChI is InChI=1S/C19H25N3O6S/c23-17(20-15-6-7-15)14-28-19(25)9-8-18(24)21-10-12-22(13-11-21)29(26,27)16-4-2-1-3-5-16/h1-5,15H,6-14H2,(H,20,23).